The van der Waals surface area contributed by atoms with Gasteiger partial charge in [-0.05, 0) is 34.1 Å². The Bertz CT molecular complexity index is 590. The zero-order valence-electron chi connectivity index (χ0n) is 8.96. The lowest BCUT2D eigenvalue weighted by Gasteiger charge is -2.11. The Hall–Kier alpha value is -0.990. The fraction of sp³-hybridized carbons (Fsp3) is 0.100. The van der Waals surface area contributed by atoms with Crippen molar-refractivity contribution < 1.29 is 17.9 Å². The molecule has 0 aliphatic heterocycles. The van der Waals surface area contributed by atoms with Gasteiger partial charge in [0.2, 0.25) is 0 Å². The van der Waals surface area contributed by atoms with Gasteiger partial charge >= 0.3 is 6.36 Å². The maximum atomic E-state index is 12.1. The summed E-state index contributed by atoms with van der Waals surface area (Å²) in [5, 5.41) is 5.44. The molecule has 0 aliphatic carbocycles. The van der Waals surface area contributed by atoms with Crippen molar-refractivity contribution in [1.29, 1.82) is 0 Å². The lowest BCUT2D eigenvalue weighted by molar-refractivity contribution is -0.274. The van der Waals surface area contributed by atoms with Gasteiger partial charge in [0, 0.05) is 11.1 Å². The van der Waals surface area contributed by atoms with E-state index in [2.05, 4.69) is 31.0 Å². The molecule has 1 heterocycles. The van der Waals surface area contributed by atoms with Crippen LogP contribution < -0.4 is 10.1 Å². The van der Waals surface area contributed by atoms with Crippen molar-refractivity contribution in [2.45, 2.75) is 6.36 Å². The number of anilines is 2. The standard InChI is InChI=1S/C10H5BrClF3N2OS/c11-6-3-5(16-9-17-8(12)4-19-9)1-2-7(6)18-10(13,14)15/h1-4H,(H,16,17). The first-order valence-electron chi connectivity index (χ1n) is 4.77. The number of nitrogens with one attached hydrogen (secondary N) is 1. The van der Waals surface area contributed by atoms with Gasteiger partial charge in [-0.2, -0.15) is 0 Å². The molecule has 0 saturated carbocycles. The number of halogens is 5. The maximum absolute atomic E-state index is 12.1. The minimum atomic E-state index is -4.72. The Morgan fingerprint density at radius 3 is 2.63 bits per heavy atom. The van der Waals surface area contributed by atoms with Gasteiger partial charge in [0.25, 0.3) is 0 Å². The smallest absolute Gasteiger partial charge is 0.405 e. The third kappa shape index (κ3) is 4.26. The van der Waals surface area contributed by atoms with E-state index >= 15 is 0 Å². The normalized spacial score (nSPS) is 11.4. The van der Waals surface area contributed by atoms with Crippen molar-refractivity contribution in [3.05, 3.63) is 33.2 Å². The highest BCUT2D eigenvalue weighted by atomic mass is 79.9. The Labute approximate surface area is 123 Å². The molecule has 1 aromatic heterocycles. The molecule has 0 atom stereocenters. The number of rotatable bonds is 3. The van der Waals surface area contributed by atoms with E-state index in [9.17, 15) is 13.2 Å². The van der Waals surface area contributed by atoms with Gasteiger partial charge in [0.15, 0.2) is 5.13 Å². The van der Waals surface area contributed by atoms with Crippen LogP contribution in [0.25, 0.3) is 0 Å². The van der Waals surface area contributed by atoms with Gasteiger partial charge in [-0.25, -0.2) is 4.98 Å². The van der Waals surface area contributed by atoms with Crippen LogP contribution in [0.4, 0.5) is 24.0 Å². The molecule has 0 bridgehead atoms. The molecule has 19 heavy (non-hydrogen) atoms. The summed E-state index contributed by atoms with van der Waals surface area (Å²) in [5.41, 5.74) is 0.562. The highest BCUT2D eigenvalue weighted by Crippen LogP contribution is 2.33. The predicted molar refractivity (Wildman–Crippen MR) is 71.2 cm³/mol. The Balaban J connectivity index is 2.14. The van der Waals surface area contributed by atoms with E-state index in [1.165, 1.54) is 29.5 Å². The summed E-state index contributed by atoms with van der Waals surface area (Å²) in [4.78, 5) is 3.96. The van der Waals surface area contributed by atoms with E-state index < -0.39 is 6.36 Å². The summed E-state index contributed by atoms with van der Waals surface area (Å²) in [7, 11) is 0. The summed E-state index contributed by atoms with van der Waals surface area (Å²) in [6, 6.07) is 4.10. The van der Waals surface area contributed by atoms with Crippen LogP contribution in [0, 0.1) is 0 Å². The topological polar surface area (TPSA) is 34.1 Å². The van der Waals surface area contributed by atoms with Crippen LogP contribution >= 0.6 is 38.9 Å². The van der Waals surface area contributed by atoms with Gasteiger partial charge in [0.05, 0.1) is 4.47 Å². The molecular weight excluding hydrogens is 369 g/mol. The number of benzene rings is 1. The number of aromatic nitrogens is 1. The average Bonchev–Trinajstić information content (AvgIpc) is 2.66. The molecule has 0 spiro atoms. The van der Waals surface area contributed by atoms with E-state index in [1.807, 2.05) is 0 Å². The molecule has 2 rings (SSSR count). The lowest BCUT2D eigenvalue weighted by Crippen LogP contribution is -2.17. The summed E-state index contributed by atoms with van der Waals surface area (Å²) in [5.74, 6) is -0.310. The molecule has 0 radical (unpaired) electrons. The molecule has 102 valence electrons. The van der Waals surface area contributed by atoms with E-state index in [0.717, 1.165) is 0 Å². The van der Waals surface area contributed by atoms with Crippen molar-refractivity contribution in [2.75, 3.05) is 5.32 Å². The molecule has 0 aliphatic rings. The largest absolute Gasteiger partial charge is 0.573 e. The van der Waals surface area contributed by atoms with Crippen molar-refractivity contribution in [3.63, 3.8) is 0 Å². The molecule has 1 N–H and O–H groups in total. The van der Waals surface area contributed by atoms with Crippen LogP contribution in [0.2, 0.25) is 5.15 Å². The van der Waals surface area contributed by atoms with Gasteiger partial charge < -0.3 is 10.1 Å². The van der Waals surface area contributed by atoms with E-state index in [1.54, 1.807) is 5.38 Å². The summed E-state index contributed by atoms with van der Waals surface area (Å²) in [6.07, 6.45) is -4.72. The fourth-order valence-corrected chi connectivity index (χ4v) is 2.54. The zero-order chi connectivity index (χ0) is 14.0. The monoisotopic (exact) mass is 372 g/mol. The van der Waals surface area contributed by atoms with Gasteiger partial charge in [0.1, 0.15) is 10.9 Å². The molecule has 2 aromatic rings. The summed E-state index contributed by atoms with van der Waals surface area (Å²) < 4.78 is 40.3. The summed E-state index contributed by atoms with van der Waals surface area (Å²) in [6.45, 7) is 0. The average molecular weight is 374 g/mol. The number of nitrogens with zero attached hydrogens (tertiary/aromatic N) is 1. The third-order valence-electron chi connectivity index (χ3n) is 1.88. The first-order valence-corrected chi connectivity index (χ1v) is 6.82. The van der Waals surface area contributed by atoms with Crippen LogP contribution in [0.1, 0.15) is 0 Å². The third-order valence-corrected chi connectivity index (χ3v) is 3.59. The van der Waals surface area contributed by atoms with Crippen molar-refractivity contribution in [3.8, 4) is 5.75 Å². The second-order valence-electron chi connectivity index (χ2n) is 3.29. The van der Waals surface area contributed by atoms with Gasteiger partial charge in [-0.3, -0.25) is 0 Å². The van der Waals surface area contributed by atoms with Crippen LogP contribution in [0.5, 0.6) is 5.75 Å². The number of ether oxygens (including phenoxy) is 1. The Morgan fingerprint density at radius 1 is 1.37 bits per heavy atom. The molecule has 0 fully saturated rings. The number of alkyl halides is 3. The van der Waals surface area contributed by atoms with Crippen LogP contribution in [-0.2, 0) is 0 Å². The van der Waals surface area contributed by atoms with E-state index in [-0.39, 0.29) is 10.2 Å². The minimum Gasteiger partial charge on any atom is -0.405 e. The Kier molecular flexibility index (Phi) is 4.22. The first-order chi connectivity index (χ1) is 8.83. The maximum Gasteiger partial charge on any atom is 0.573 e. The Morgan fingerprint density at radius 2 is 2.11 bits per heavy atom. The van der Waals surface area contributed by atoms with E-state index in [4.69, 9.17) is 11.6 Å². The van der Waals surface area contributed by atoms with Crippen molar-refractivity contribution in [1.82, 2.24) is 4.98 Å². The fourth-order valence-electron chi connectivity index (χ4n) is 1.22. The lowest BCUT2D eigenvalue weighted by atomic mass is 10.3. The number of hydrogen-bond donors (Lipinski definition) is 1. The number of hydrogen-bond acceptors (Lipinski definition) is 4. The molecule has 0 unspecified atom stereocenters. The molecule has 0 amide bonds. The SMILES string of the molecule is FC(F)(F)Oc1ccc(Nc2nc(Cl)cs2)cc1Br. The molecule has 3 nitrogen and oxygen atoms in total. The first kappa shape index (κ1) is 14.4. The second kappa shape index (κ2) is 5.56. The molecule has 9 heteroatoms. The number of thiazole rings is 1. The highest BCUT2D eigenvalue weighted by molar-refractivity contribution is 9.10. The molecule has 1 aromatic carbocycles. The predicted octanol–water partition coefficient (Wildman–Crippen LogP) is 5.20. The van der Waals surface area contributed by atoms with E-state index in [0.29, 0.717) is 16.0 Å². The molecular formula is C10H5BrClF3N2OS. The zero-order valence-corrected chi connectivity index (χ0v) is 12.1. The van der Waals surface area contributed by atoms with Gasteiger partial charge in [-0.15, -0.1) is 24.5 Å². The van der Waals surface area contributed by atoms with Gasteiger partial charge in [-0.1, -0.05) is 11.6 Å². The van der Waals surface area contributed by atoms with Crippen molar-refractivity contribution >= 4 is 49.7 Å². The van der Waals surface area contributed by atoms with Crippen LogP contribution in [0.15, 0.2) is 28.1 Å². The minimum absolute atomic E-state index is 0.178. The van der Waals surface area contributed by atoms with Crippen LogP contribution in [-0.4, -0.2) is 11.3 Å². The van der Waals surface area contributed by atoms with Crippen LogP contribution in [0.3, 0.4) is 0 Å². The molecule has 0 saturated heterocycles. The summed E-state index contributed by atoms with van der Waals surface area (Å²) >= 11 is 9.95. The van der Waals surface area contributed by atoms with Crippen molar-refractivity contribution in [2.24, 2.45) is 0 Å². The second-order valence-corrected chi connectivity index (χ2v) is 5.39. The highest BCUT2D eigenvalue weighted by Gasteiger charge is 2.31. The quantitative estimate of drug-likeness (QED) is 0.803.